The second-order valence-corrected chi connectivity index (χ2v) is 5.71. The molecule has 2 aliphatic rings. The number of thioether (sulfide) groups is 1. The van der Waals surface area contributed by atoms with Crippen LogP contribution in [0, 0.1) is 0 Å². The molecule has 2 aliphatic heterocycles. The predicted octanol–water partition coefficient (Wildman–Crippen LogP) is 1.45. The average molecular weight is 236 g/mol. The Labute approximate surface area is 78.8 Å². The first-order valence-electron chi connectivity index (χ1n) is 3.68. The molecule has 62 valence electrons. The quantitative estimate of drug-likeness (QED) is 0.507. The summed E-state index contributed by atoms with van der Waals surface area (Å²) in [4.78, 5) is 13.0. The van der Waals surface area contributed by atoms with Crippen molar-refractivity contribution in [2.75, 3.05) is 11.9 Å². The number of β-lactam (4-membered cyclic amide) rings is 1. The van der Waals surface area contributed by atoms with Gasteiger partial charge in [0.2, 0.25) is 5.91 Å². The highest BCUT2D eigenvalue weighted by Crippen LogP contribution is 2.46. The van der Waals surface area contributed by atoms with Gasteiger partial charge < -0.3 is 4.90 Å². The fourth-order valence-electron chi connectivity index (χ4n) is 1.52. The molecule has 2 saturated heterocycles. The summed E-state index contributed by atoms with van der Waals surface area (Å²) in [5, 5.41) is 1.47. The van der Waals surface area contributed by atoms with Crippen molar-refractivity contribution in [2.24, 2.45) is 0 Å². The summed E-state index contributed by atoms with van der Waals surface area (Å²) in [6, 6.07) is 0. The molecule has 0 radical (unpaired) electrons. The van der Waals surface area contributed by atoms with Gasteiger partial charge in [-0.15, -0.1) is 11.8 Å². The lowest BCUT2D eigenvalue weighted by molar-refractivity contribution is -0.140. The van der Waals surface area contributed by atoms with Crippen molar-refractivity contribution < 1.29 is 4.79 Å². The standard InChI is InChI=1S/C7H10BrNOS/c1-7(3-8)4-9-5(10)2-6(9)11-7/h6H,2-4H2,1H3/t6-,7+/m1/s1. The van der Waals surface area contributed by atoms with E-state index in [2.05, 4.69) is 22.9 Å². The van der Waals surface area contributed by atoms with Crippen LogP contribution in [0.3, 0.4) is 0 Å². The summed E-state index contributed by atoms with van der Waals surface area (Å²) < 4.78 is 0.261. The molecule has 0 spiro atoms. The minimum Gasteiger partial charge on any atom is -0.329 e. The van der Waals surface area contributed by atoms with Gasteiger partial charge in [-0.2, -0.15) is 0 Å². The summed E-state index contributed by atoms with van der Waals surface area (Å²) in [6.45, 7) is 3.13. The van der Waals surface area contributed by atoms with Crippen LogP contribution in [0.15, 0.2) is 0 Å². The van der Waals surface area contributed by atoms with Gasteiger partial charge in [0, 0.05) is 16.6 Å². The van der Waals surface area contributed by atoms with Gasteiger partial charge in [0.1, 0.15) is 0 Å². The van der Waals surface area contributed by atoms with Crippen molar-refractivity contribution >= 4 is 33.6 Å². The molecule has 0 aromatic carbocycles. The van der Waals surface area contributed by atoms with Crippen molar-refractivity contribution in [1.82, 2.24) is 4.90 Å². The number of nitrogens with zero attached hydrogens (tertiary/aromatic N) is 1. The zero-order valence-corrected chi connectivity index (χ0v) is 8.74. The summed E-state index contributed by atoms with van der Waals surface area (Å²) in [7, 11) is 0. The van der Waals surface area contributed by atoms with Crippen molar-refractivity contribution in [2.45, 2.75) is 23.5 Å². The second-order valence-electron chi connectivity index (χ2n) is 3.38. The van der Waals surface area contributed by atoms with Crippen LogP contribution in [0.1, 0.15) is 13.3 Å². The summed E-state index contributed by atoms with van der Waals surface area (Å²) in [5.41, 5.74) is 0. The minimum absolute atomic E-state index is 0.261. The molecule has 0 bridgehead atoms. The SMILES string of the molecule is C[C@]1(CBr)CN2C(=O)C[C@H]2S1. The number of fused-ring (bicyclic) bond motifs is 1. The van der Waals surface area contributed by atoms with Crippen LogP contribution >= 0.6 is 27.7 Å². The Morgan fingerprint density at radius 3 is 3.09 bits per heavy atom. The van der Waals surface area contributed by atoms with E-state index in [1.807, 2.05) is 16.7 Å². The molecule has 2 heterocycles. The van der Waals surface area contributed by atoms with Crippen molar-refractivity contribution in [3.63, 3.8) is 0 Å². The highest BCUT2D eigenvalue weighted by molar-refractivity contribution is 9.09. The highest BCUT2D eigenvalue weighted by atomic mass is 79.9. The van der Waals surface area contributed by atoms with Crippen molar-refractivity contribution in [1.29, 1.82) is 0 Å². The number of carbonyl (C=O) groups excluding carboxylic acids is 1. The number of alkyl halides is 1. The zero-order chi connectivity index (χ0) is 8.06. The highest BCUT2D eigenvalue weighted by Gasteiger charge is 2.49. The zero-order valence-electron chi connectivity index (χ0n) is 6.34. The number of hydrogen-bond acceptors (Lipinski definition) is 2. The van der Waals surface area contributed by atoms with Crippen molar-refractivity contribution in [3.05, 3.63) is 0 Å². The topological polar surface area (TPSA) is 20.3 Å². The summed E-state index contributed by atoms with van der Waals surface area (Å²) >= 11 is 5.40. The average Bonchev–Trinajstić information content (AvgIpc) is 2.25. The Hall–Kier alpha value is 0.300. The van der Waals surface area contributed by atoms with Gasteiger partial charge in [0.25, 0.3) is 0 Å². The number of hydrogen-bond donors (Lipinski definition) is 0. The van der Waals surface area contributed by atoms with Gasteiger partial charge in [0.05, 0.1) is 11.8 Å². The molecule has 2 fully saturated rings. The molecule has 11 heavy (non-hydrogen) atoms. The van der Waals surface area contributed by atoms with E-state index in [4.69, 9.17) is 0 Å². The second kappa shape index (κ2) is 2.39. The van der Waals surface area contributed by atoms with Crippen LogP contribution in [0.2, 0.25) is 0 Å². The predicted molar refractivity (Wildman–Crippen MR) is 49.9 cm³/mol. The number of carbonyl (C=O) groups is 1. The summed E-state index contributed by atoms with van der Waals surface area (Å²) in [5.74, 6) is 0.326. The third-order valence-corrected chi connectivity index (χ3v) is 5.37. The first kappa shape index (κ1) is 7.92. The maximum atomic E-state index is 11.0. The van der Waals surface area contributed by atoms with Gasteiger partial charge in [-0.25, -0.2) is 0 Å². The van der Waals surface area contributed by atoms with Crippen LogP contribution in [0.5, 0.6) is 0 Å². The Kier molecular flexibility index (Phi) is 1.72. The third kappa shape index (κ3) is 1.11. The molecule has 0 aromatic rings. The Bertz CT molecular complexity index is 211. The van der Waals surface area contributed by atoms with Crippen LogP contribution in [0.25, 0.3) is 0 Å². The molecule has 0 aliphatic carbocycles. The number of halogens is 1. The molecule has 2 rings (SSSR count). The Morgan fingerprint density at radius 1 is 1.91 bits per heavy atom. The van der Waals surface area contributed by atoms with Gasteiger partial charge >= 0.3 is 0 Å². The largest absolute Gasteiger partial charge is 0.329 e. The number of rotatable bonds is 1. The molecule has 1 amide bonds. The van der Waals surface area contributed by atoms with E-state index in [0.29, 0.717) is 11.3 Å². The van der Waals surface area contributed by atoms with E-state index < -0.39 is 0 Å². The molecule has 0 aromatic heterocycles. The summed E-state index contributed by atoms with van der Waals surface area (Å²) in [6.07, 6.45) is 0.757. The Balaban J connectivity index is 2.08. The van der Waals surface area contributed by atoms with Gasteiger partial charge in [0.15, 0.2) is 0 Å². The lowest BCUT2D eigenvalue weighted by Crippen LogP contribution is -2.47. The first-order chi connectivity index (χ1) is 5.14. The minimum atomic E-state index is 0.261. The Morgan fingerprint density at radius 2 is 2.64 bits per heavy atom. The van der Waals surface area contributed by atoms with Crippen LogP contribution in [-0.4, -0.2) is 32.8 Å². The molecule has 2 atom stereocenters. The monoisotopic (exact) mass is 235 g/mol. The van der Waals surface area contributed by atoms with Gasteiger partial charge in [-0.3, -0.25) is 4.79 Å². The number of amides is 1. The maximum Gasteiger partial charge on any atom is 0.226 e. The molecule has 0 N–H and O–H groups in total. The van der Waals surface area contributed by atoms with E-state index in [1.54, 1.807) is 0 Å². The smallest absolute Gasteiger partial charge is 0.226 e. The van der Waals surface area contributed by atoms with Gasteiger partial charge in [-0.1, -0.05) is 15.9 Å². The fraction of sp³-hybridized carbons (Fsp3) is 0.857. The lowest BCUT2D eigenvalue weighted by atomic mass is 10.1. The van der Waals surface area contributed by atoms with E-state index >= 15 is 0 Å². The molecular formula is C7H10BrNOS. The first-order valence-corrected chi connectivity index (χ1v) is 5.68. The maximum absolute atomic E-state index is 11.0. The van der Waals surface area contributed by atoms with Crippen LogP contribution < -0.4 is 0 Å². The van der Waals surface area contributed by atoms with E-state index in [0.717, 1.165) is 18.3 Å². The molecular weight excluding hydrogens is 226 g/mol. The third-order valence-electron chi connectivity index (χ3n) is 2.23. The van der Waals surface area contributed by atoms with Crippen LogP contribution in [0.4, 0.5) is 0 Å². The van der Waals surface area contributed by atoms with Gasteiger partial charge in [-0.05, 0) is 6.92 Å². The van der Waals surface area contributed by atoms with Crippen molar-refractivity contribution in [3.8, 4) is 0 Å². The molecule has 0 saturated carbocycles. The normalized spacial score (nSPS) is 42.2. The lowest BCUT2D eigenvalue weighted by Gasteiger charge is -2.32. The van der Waals surface area contributed by atoms with E-state index in [9.17, 15) is 4.79 Å². The molecule has 0 unspecified atom stereocenters. The van der Waals surface area contributed by atoms with E-state index in [1.165, 1.54) is 0 Å². The van der Waals surface area contributed by atoms with E-state index in [-0.39, 0.29) is 4.75 Å². The fourth-order valence-corrected chi connectivity index (χ4v) is 3.57. The van der Waals surface area contributed by atoms with Crippen LogP contribution in [-0.2, 0) is 4.79 Å². The molecule has 2 nitrogen and oxygen atoms in total. The molecule has 4 heteroatoms.